The molecule has 2 fully saturated rings. The van der Waals surface area contributed by atoms with Crippen LogP contribution in [-0.4, -0.2) is 112 Å². The number of hydrogen-bond donors (Lipinski definition) is 4. The number of amides is 4. The van der Waals surface area contributed by atoms with E-state index in [0.29, 0.717) is 52.4 Å². The van der Waals surface area contributed by atoms with Gasteiger partial charge in [0.15, 0.2) is 0 Å². The molecule has 0 aromatic rings. The summed E-state index contributed by atoms with van der Waals surface area (Å²) >= 11 is 4.24. The van der Waals surface area contributed by atoms with Gasteiger partial charge in [0.1, 0.15) is 0 Å². The summed E-state index contributed by atoms with van der Waals surface area (Å²) in [6.45, 7) is 10.7. The standard InChI is InChI=1S/C8H15N3O2.C7H13N3O3.C2H4O2.CH4.I2/c1-7(12)9-11-5-3-10(4-6-11)8(2)13;1-6(11)9-2-4-10(5-3-9)8-7(12)13;1-2(3)4;;1-2/h3-6H2,1-2H3,(H,9,12);8H,2-5H2,1H3,(H,12,13);1H3,(H,3,4);1H4;. The van der Waals surface area contributed by atoms with Crippen LogP contribution >= 0.6 is 37.2 Å². The molecular formula is C18H36I2N6O7. The van der Waals surface area contributed by atoms with Crippen LogP contribution in [0.1, 0.15) is 35.1 Å². The molecule has 0 aromatic carbocycles. The van der Waals surface area contributed by atoms with Gasteiger partial charge in [-0.3, -0.25) is 30.0 Å². The highest BCUT2D eigenvalue weighted by Gasteiger charge is 2.19. The number of nitrogens with zero attached hydrogens (tertiary/aromatic N) is 4. The van der Waals surface area contributed by atoms with Gasteiger partial charge in [-0.2, -0.15) is 0 Å². The van der Waals surface area contributed by atoms with Crippen LogP contribution in [0.2, 0.25) is 0 Å². The van der Waals surface area contributed by atoms with E-state index in [4.69, 9.17) is 15.0 Å². The number of rotatable bonds is 2. The van der Waals surface area contributed by atoms with Gasteiger partial charge in [-0.05, 0) is 0 Å². The lowest BCUT2D eigenvalue weighted by Crippen LogP contribution is -2.54. The van der Waals surface area contributed by atoms with Gasteiger partial charge in [0.2, 0.25) is 17.7 Å². The lowest BCUT2D eigenvalue weighted by atomic mass is 10.3. The van der Waals surface area contributed by atoms with Crippen molar-refractivity contribution < 1.29 is 34.2 Å². The fourth-order valence-corrected chi connectivity index (χ4v) is 2.62. The molecule has 194 valence electrons. The Morgan fingerprint density at radius 2 is 0.909 bits per heavy atom. The number of carboxylic acids is 1. The Bertz CT molecular complexity index is 561. The summed E-state index contributed by atoms with van der Waals surface area (Å²) in [5.74, 6) is -0.756. The molecule has 2 rings (SSSR count). The minimum absolute atomic E-state index is 0. The van der Waals surface area contributed by atoms with Gasteiger partial charge in [0, 0.05) is 117 Å². The van der Waals surface area contributed by atoms with Gasteiger partial charge in [-0.15, -0.1) is 0 Å². The van der Waals surface area contributed by atoms with E-state index in [9.17, 15) is 19.2 Å². The Balaban J connectivity index is -0.000000431. The van der Waals surface area contributed by atoms with Gasteiger partial charge in [0.25, 0.3) is 5.97 Å². The Hall–Kier alpha value is -1.47. The van der Waals surface area contributed by atoms with Crippen molar-refractivity contribution in [1.82, 2.24) is 30.7 Å². The Kier molecular flexibility index (Phi) is 23.1. The summed E-state index contributed by atoms with van der Waals surface area (Å²) in [4.78, 5) is 55.3. The molecule has 2 aliphatic rings. The number of hydrogen-bond acceptors (Lipinski definition) is 7. The van der Waals surface area contributed by atoms with E-state index >= 15 is 0 Å². The molecule has 0 atom stereocenters. The van der Waals surface area contributed by atoms with Crippen molar-refractivity contribution in [1.29, 1.82) is 0 Å². The number of carboxylic acid groups (broad SMARTS) is 2. The topological polar surface area (TPSA) is 163 Å². The summed E-state index contributed by atoms with van der Waals surface area (Å²) in [5, 5.41) is 19.2. The minimum Gasteiger partial charge on any atom is -0.481 e. The minimum atomic E-state index is -1.06. The molecule has 0 aromatic heterocycles. The van der Waals surface area contributed by atoms with Gasteiger partial charge in [-0.1, -0.05) is 7.43 Å². The first-order valence-corrected chi connectivity index (χ1v) is 15.8. The quantitative estimate of drug-likeness (QED) is 0.308. The molecule has 4 amide bonds. The molecule has 4 N–H and O–H groups in total. The Morgan fingerprint density at radius 1 is 0.636 bits per heavy atom. The fourth-order valence-electron chi connectivity index (χ4n) is 2.62. The third-order valence-corrected chi connectivity index (χ3v) is 4.02. The lowest BCUT2D eigenvalue weighted by Gasteiger charge is -2.33. The Labute approximate surface area is 218 Å². The summed E-state index contributed by atoms with van der Waals surface area (Å²) in [6.07, 6.45) is -1.06. The van der Waals surface area contributed by atoms with Crippen LogP contribution in [0.5, 0.6) is 0 Å². The van der Waals surface area contributed by atoms with Crippen LogP contribution in [0, 0.1) is 0 Å². The second-order valence-corrected chi connectivity index (χ2v) is 6.59. The van der Waals surface area contributed by atoms with E-state index in [2.05, 4.69) is 48.1 Å². The van der Waals surface area contributed by atoms with Crippen molar-refractivity contribution >= 4 is 67.0 Å². The molecule has 15 heteroatoms. The first-order valence-electron chi connectivity index (χ1n) is 9.53. The zero-order chi connectivity index (χ0) is 25.3. The van der Waals surface area contributed by atoms with Crippen LogP contribution < -0.4 is 10.9 Å². The molecule has 0 spiro atoms. The average molecular weight is 702 g/mol. The first-order chi connectivity index (χ1) is 14.9. The van der Waals surface area contributed by atoms with Gasteiger partial charge < -0.3 is 20.0 Å². The zero-order valence-electron chi connectivity index (χ0n) is 18.6. The van der Waals surface area contributed by atoms with E-state index < -0.39 is 12.1 Å². The summed E-state index contributed by atoms with van der Waals surface area (Å²) in [7, 11) is 0. The van der Waals surface area contributed by atoms with E-state index in [1.54, 1.807) is 21.7 Å². The molecule has 0 saturated carbocycles. The fraction of sp³-hybridized carbons (Fsp3) is 0.722. The normalized spacial score (nSPS) is 15.5. The average Bonchev–Trinajstić information content (AvgIpc) is 2.69. The second-order valence-electron chi connectivity index (χ2n) is 6.59. The van der Waals surface area contributed by atoms with Crippen molar-refractivity contribution in [2.45, 2.75) is 35.1 Å². The number of aliphatic carboxylic acids is 1. The molecule has 0 radical (unpaired) electrons. The molecule has 33 heavy (non-hydrogen) atoms. The molecule has 2 heterocycles. The molecule has 2 aliphatic heterocycles. The summed E-state index contributed by atoms with van der Waals surface area (Å²) < 4.78 is 0. The highest BCUT2D eigenvalue weighted by molar-refractivity contribution is 15.0. The maximum absolute atomic E-state index is 10.9. The van der Waals surface area contributed by atoms with Crippen LogP contribution in [0.25, 0.3) is 0 Å². The maximum atomic E-state index is 10.9. The second kappa shape index (κ2) is 21.1. The summed E-state index contributed by atoms with van der Waals surface area (Å²) in [5.41, 5.74) is 4.95. The Morgan fingerprint density at radius 3 is 1.12 bits per heavy atom. The van der Waals surface area contributed by atoms with E-state index in [0.717, 1.165) is 6.92 Å². The number of piperazine rings is 2. The third-order valence-electron chi connectivity index (χ3n) is 4.02. The summed E-state index contributed by atoms with van der Waals surface area (Å²) in [6, 6.07) is 0. The van der Waals surface area contributed by atoms with Crippen molar-refractivity contribution in [3.8, 4) is 0 Å². The molecule has 2 saturated heterocycles. The van der Waals surface area contributed by atoms with Crippen LogP contribution in [-0.2, 0) is 19.2 Å². The molecule has 0 aliphatic carbocycles. The molecular weight excluding hydrogens is 666 g/mol. The smallest absolute Gasteiger partial charge is 0.419 e. The first kappa shape index (κ1) is 36.1. The predicted octanol–water partition coefficient (Wildman–Crippen LogP) is 1.03. The van der Waals surface area contributed by atoms with Gasteiger partial charge in [0.05, 0.1) is 0 Å². The van der Waals surface area contributed by atoms with Crippen LogP contribution in [0.3, 0.4) is 0 Å². The third kappa shape index (κ3) is 20.8. The van der Waals surface area contributed by atoms with Crippen molar-refractivity contribution in [2.75, 3.05) is 52.4 Å². The van der Waals surface area contributed by atoms with E-state index in [1.165, 1.54) is 13.8 Å². The monoisotopic (exact) mass is 702 g/mol. The van der Waals surface area contributed by atoms with E-state index in [-0.39, 0.29) is 25.1 Å². The highest BCUT2D eigenvalue weighted by Crippen LogP contribution is 1.99. The lowest BCUT2D eigenvalue weighted by molar-refractivity contribution is -0.135. The number of carbonyl (C=O) groups excluding carboxylic acids is 3. The SMILES string of the molecule is C.CC(=O)N1CCN(NC(=O)O)CC1.CC(=O)NN1CCN(C(C)=O)CC1.CC(=O)O.II. The highest BCUT2D eigenvalue weighted by atomic mass is 128. The van der Waals surface area contributed by atoms with Crippen molar-refractivity contribution in [2.24, 2.45) is 0 Å². The largest absolute Gasteiger partial charge is 0.481 e. The van der Waals surface area contributed by atoms with Crippen molar-refractivity contribution in [3.63, 3.8) is 0 Å². The number of halogens is 2. The van der Waals surface area contributed by atoms with Crippen LogP contribution in [0.15, 0.2) is 0 Å². The zero-order valence-corrected chi connectivity index (χ0v) is 23.0. The molecule has 0 bridgehead atoms. The van der Waals surface area contributed by atoms with Gasteiger partial charge >= 0.3 is 6.09 Å². The van der Waals surface area contributed by atoms with Crippen LogP contribution in [0.4, 0.5) is 4.79 Å². The maximum Gasteiger partial charge on any atom is 0.419 e. The van der Waals surface area contributed by atoms with Gasteiger partial charge in [-0.25, -0.2) is 14.8 Å². The number of hydrazine groups is 2. The van der Waals surface area contributed by atoms with Crippen molar-refractivity contribution in [3.05, 3.63) is 0 Å². The number of carbonyl (C=O) groups is 5. The molecule has 13 nitrogen and oxygen atoms in total. The predicted molar refractivity (Wildman–Crippen MR) is 141 cm³/mol. The number of nitrogens with one attached hydrogen (secondary N) is 2. The molecule has 0 unspecified atom stereocenters. The van der Waals surface area contributed by atoms with E-state index in [1.807, 2.05) is 5.01 Å².